The van der Waals surface area contributed by atoms with Gasteiger partial charge in [-0.05, 0) is 25.7 Å². The maximum absolute atomic E-state index is 9.76. The Bertz CT molecular complexity index is 487. The van der Waals surface area contributed by atoms with Crippen LogP contribution in [0.5, 0.6) is 0 Å². The SMILES string of the molecule is OC1(CCc2cnc3cnccn23)CC1. The maximum atomic E-state index is 9.76. The van der Waals surface area contributed by atoms with Crippen molar-refractivity contribution in [3.63, 3.8) is 0 Å². The maximum Gasteiger partial charge on any atom is 0.155 e. The Labute approximate surface area is 87.6 Å². The molecular weight excluding hydrogens is 190 g/mol. The van der Waals surface area contributed by atoms with Crippen LogP contribution in [-0.2, 0) is 6.42 Å². The van der Waals surface area contributed by atoms with Crippen LogP contribution in [0.1, 0.15) is 25.0 Å². The topological polar surface area (TPSA) is 50.4 Å². The highest BCUT2D eigenvalue weighted by molar-refractivity contribution is 5.36. The average molecular weight is 203 g/mol. The molecular formula is C11H13N3O. The molecule has 15 heavy (non-hydrogen) atoms. The van der Waals surface area contributed by atoms with Crippen LogP contribution in [0.2, 0.25) is 0 Å². The number of hydrogen-bond donors (Lipinski definition) is 1. The molecule has 1 aliphatic carbocycles. The standard InChI is InChI=1S/C11H13N3O/c15-11(3-4-11)2-1-9-7-13-10-8-12-5-6-14(9)10/h5-8,15H,1-4H2. The molecule has 4 nitrogen and oxygen atoms in total. The van der Waals surface area contributed by atoms with Crippen molar-refractivity contribution in [1.29, 1.82) is 0 Å². The molecule has 2 heterocycles. The average Bonchev–Trinajstić information content (AvgIpc) is 2.86. The highest BCUT2D eigenvalue weighted by atomic mass is 16.3. The summed E-state index contributed by atoms with van der Waals surface area (Å²) in [6.07, 6.45) is 10.9. The van der Waals surface area contributed by atoms with Crippen molar-refractivity contribution in [3.8, 4) is 0 Å². The number of nitrogens with zero attached hydrogens (tertiary/aromatic N) is 3. The van der Waals surface area contributed by atoms with Crippen molar-refractivity contribution in [1.82, 2.24) is 14.4 Å². The first-order valence-electron chi connectivity index (χ1n) is 5.25. The molecule has 1 N–H and O–H groups in total. The lowest BCUT2D eigenvalue weighted by atomic mass is 10.1. The van der Waals surface area contributed by atoms with Crippen molar-refractivity contribution in [2.45, 2.75) is 31.3 Å². The third-order valence-electron chi connectivity index (χ3n) is 3.07. The van der Waals surface area contributed by atoms with E-state index >= 15 is 0 Å². The van der Waals surface area contributed by atoms with E-state index in [-0.39, 0.29) is 5.60 Å². The van der Waals surface area contributed by atoms with E-state index < -0.39 is 0 Å². The molecule has 0 atom stereocenters. The van der Waals surface area contributed by atoms with Gasteiger partial charge >= 0.3 is 0 Å². The molecule has 0 spiro atoms. The van der Waals surface area contributed by atoms with Crippen molar-refractivity contribution >= 4 is 5.65 Å². The number of aliphatic hydroxyl groups is 1. The summed E-state index contributed by atoms with van der Waals surface area (Å²) in [5, 5.41) is 9.76. The Morgan fingerprint density at radius 1 is 1.40 bits per heavy atom. The predicted octanol–water partition coefficient (Wildman–Crippen LogP) is 1.19. The first-order valence-corrected chi connectivity index (χ1v) is 5.25. The fourth-order valence-electron chi connectivity index (χ4n) is 1.83. The zero-order valence-corrected chi connectivity index (χ0v) is 8.43. The summed E-state index contributed by atoms with van der Waals surface area (Å²) in [7, 11) is 0. The smallest absolute Gasteiger partial charge is 0.155 e. The summed E-state index contributed by atoms with van der Waals surface area (Å²) in [5.74, 6) is 0. The second-order valence-corrected chi connectivity index (χ2v) is 4.28. The Morgan fingerprint density at radius 3 is 3.07 bits per heavy atom. The van der Waals surface area contributed by atoms with E-state index in [1.165, 1.54) is 0 Å². The molecule has 1 aliphatic rings. The quantitative estimate of drug-likeness (QED) is 0.815. The van der Waals surface area contributed by atoms with Crippen LogP contribution < -0.4 is 0 Å². The second-order valence-electron chi connectivity index (χ2n) is 4.28. The highest BCUT2D eigenvalue weighted by Crippen LogP contribution is 2.39. The zero-order chi connectivity index (χ0) is 10.3. The van der Waals surface area contributed by atoms with Gasteiger partial charge in [0.25, 0.3) is 0 Å². The van der Waals surface area contributed by atoms with E-state index in [2.05, 4.69) is 9.97 Å². The fourth-order valence-corrected chi connectivity index (χ4v) is 1.83. The predicted molar refractivity (Wildman–Crippen MR) is 55.5 cm³/mol. The summed E-state index contributed by atoms with van der Waals surface area (Å²) in [6, 6.07) is 0. The lowest BCUT2D eigenvalue weighted by Crippen LogP contribution is -2.08. The Morgan fingerprint density at radius 2 is 2.27 bits per heavy atom. The van der Waals surface area contributed by atoms with E-state index in [1.807, 2.05) is 16.8 Å². The van der Waals surface area contributed by atoms with E-state index in [9.17, 15) is 5.11 Å². The van der Waals surface area contributed by atoms with Crippen LogP contribution in [0.4, 0.5) is 0 Å². The summed E-state index contributed by atoms with van der Waals surface area (Å²) in [5.41, 5.74) is 1.64. The monoisotopic (exact) mass is 203 g/mol. The van der Waals surface area contributed by atoms with Crippen molar-refractivity contribution in [2.24, 2.45) is 0 Å². The molecule has 0 amide bonds. The van der Waals surface area contributed by atoms with Gasteiger partial charge in [-0.3, -0.25) is 4.98 Å². The van der Waals surface area contributed by atoms with Gasteiger partial charge in [-0.25, -0.2) is 4.98 Å². The molecule has 0 unspecified atom stereocenters. The number of imidazole rings is 1. The van der Waals surface area contributed by atoms with Crippen LogP contribution in [0, 0.1) is 0 Å². The van der Waals surface area contributed by atoms with Crippen molar-refractivity contribution in [2.75, 3.05) is 0 Å². The molecule has 0 bridgehead atoms. The molecule has 4 heteroatoms. The normalized spacial score (nSPS) is 18.2. The minimum atomic E-state index is -0.378. The largest absolute Gasteiger partial charge is 0.390 e. The number of hydrogen-bond acceptors (Lipinski definition) is 3. The zero-order valence-electron chi connectivity index (χ0n) is 8.43. The molecule has 1 fully saturated rings. The van der Waals surface area contributed by atoms with Gasteiger partial charge in [-0.1, -0.05) is 0 Å². The van der Waals surface area contributed by atoms with Crippen LogP contribution >= 0.6 is 0 Å². The van der Waals surface area contributed by atoms with E-state index in [0.717, 1.165) is 37.0 Å². The first-order chi connectivity index (χ1) is 7.27. The fraction of sp³-hybridized carbons (Fsp3) is 0.455. The summed E-state index contributed by atoms with van der Waals surface area (Å²) < 4.78 is 2.03. The molecule has 3 rings (SSSR count). The van der Waals surface area contributed by atoms with Gasteiger partial charge in [0.15, 0.2) is 5.65 Å². The lowest BCUT2D eigenvalue weighted by Gasteiger charge is -2.06. The van der Waals surface area contributed by atoms with Crippen molar-refractivity contribution in [3.05, 3.63) is 30.5 Å². The molecule has 2 aromatic heterocycles. The Hall–Kier alpha value is -1.42. The minimum Gasteiger partial charge on any atom is -0.390 e. The third-order valence-corrected chi connectivity index (χ3v) is 3.07. The van der Waals surface area contributed by atoms with Crippen molar-refractivity contribution < 1.29 is 5.11 Å². The van der Waals surface area contributed by atoms with Gasteiger partial charge in [-0.2, -0.15) is 0 Å². The number of fused-ring (bicyclic) bond motifs is 1. The molecule has 0 radical (unpaired) electrons. The van der Waals surface area contributed by atoms with Gasteiger partial charge in [0, 0.05) is 24.3 Å². The summed E-state index contributed by atoms with van der Waals surface area (Å²) in [6.45, 7) is 0. The van der Waals surface area contributed by atoms with Crippen LogP contribution in [0.15, 0.2) is 24.8 Å². The van der Waals surface area contributed by atoms with Gasteiger partial charge in [0.05, 0.1) is 11.8 Å². The van der Waals surface area contributed by atoms with Crippen LogP contribution in [0.25, 0.3) is 5.65 Å². The van der Waals surface area contributed by atoms with Crippen LogP contribution in [-0.4, -0.2) is 25.1 Å². The molecule has 0 aliphatic heterocycles. The number of rotatable bonds is 3. The van der Waals surface area contributed by atoms with E-state index in [1.54, 1.807) is 12.4 Å². The van der Waals surface area contributed by atoms with Gasteiger partial charge in [0.1, 0.15) is 0 Å². The van der Waals surface area contributed by atoms with E-state index in [0.29, 0.717) is 0 Å². The molecule has 0 aromatic carbocycles. The molecule has 1 saturated carbocycles. The van der Waals surface area contributed by atoms with Gasteiger partial charge < -0.3 is 9.51 Å². The Balaban J connectivity index is 1.84. The Kier molecular flexibility index (Phi) is 1.79. The first kappa shape index (κ1) is 8.85. The molecule has 0 saturated heterocycles. The van der Waals surface area contributed by atoms with Gasteiger partial charge in [0.2, 0.25) is 0 Å². The number of aryl methyl sites for hydroxylation is 1. The molecule has 78 valence electrons. The third kappa shape index (κ3) is 1.61. The highest BCUT2D eigenvalue weighted by Gasteiger charge is 2.39. The lowest BCUT2D eigenvalue weighted by molar-refractivity contribution is 0.140. The van der Waals surface area contributed by atoms with Crippen LogP contribution in [0.3, 0.4) is 0 Å². The van der Waals surface area contributed by atoms with E-state index in [4.69, 9.17) is 0 Å². The molecule has 2 aromatic rings. The summed E-state index contributed by atoms with van der Waals surface area (Å²) in [4.78, 5) is 8.27. The van der Waals surface area contributed by atoms with Gasteiger partial charge in [-0.15, -0.1) is 0 Å². The summed E-state index contributed by atoms with van der Waals surface area (Å²) >= 11 is 0. The number of aromatic nitrogens is 3. The second kappa shape index (κ2) is 3.03. The minimum absolute atomic E-state index is 0.378.